The molecule has 0 bridgehead atoms. The Morgan fingerprint density at radius 2 is 2.05 bits per heavy atom. The topological polar surface area (TPSA) is 46.3 Å². The van der Waals surface area contributed by atoms with Crippen molar-refractivity contribution in [1.29, 1.82) is 0 Å². The van der Waals surface area contributed by atoms with Gasteiger partial charge in [0.1, 0.15) is 0 Å². The van der Waals surface area contributed by atoms with E-state index in [4.69, 9.17) is 5.73 Å². The lowest BCUT2D eigenvalue weighted by Crippen LogP contribution is -2.53. The van der Waals surface area contributed by atoms with E-state index in [1.807, 2.05) is 6.92 Å². The molecule has 1 saturated carbocycles. The highest BCUT2D eigenvalue weighted by Crippen LogP contribution is 2.33. The maximum atomic E-state index is 13.2. The summed E-state index contributed by atoms with van der Waals surface area (Å²) in [6.07, 6.45) is 3.67. The monoisotopic (exact) mass is 332 g/mol. The molecule has 3 nitrogen and oxygen atoms in total. The van der Waals surface area contributed by atoms with Gasteiger partial charge in [0.15, 0.2) is 11.6 Å². The van der Waals surface area contributed by atoms with Crippen LogP contribution in [0.4, 0.5) is 8.78 Å². The summed E-state index contributed by atoms with van der Waals surface area (Å²) in [4.78, 5) is 14.1. The third-order valence-corrected chi connectivity index (χ3v) is 4.33. The highest BCUT2D eigenvalue weighted by molar-refractivity contribution is 5.85. The average Bonchev–Trinajstić information content (AvgIpc) is 2.41. The van der Waals surface area contributed by atoms with Gasteiger partial charge in [-0.2, -0.15) is 0 Å². The Hall–Kier alpha value is -1.20. The number of nitrogens with zero attached hydrogens (tertiary/aromatic N) is 1. The minimum Gasteiger partial charge on any atom is -0.341 e. The minimum absolute atomic E-state index is 0. The fraction of sp³-hybridized carbons (Fsp3) is 0.562. The summed E-state index contributed by atoms with van der Waals surface area (Å²) in [6, 6.07) is 3.70. The van der Waals surface area contributed by atoms with Crippen molar-refractivity contribution in [2.24, 2.45) is 11.7 Å². The first-order chi connectivity index (χ1) is 9.81. The van der Waals surface area contributed by atoms with Gasteiger partial charge >= 0.3 is 0 Å². The molecule has 1 aromatic rings. The number of carbonyl (C=O) groups excluding carboxylic acids is 1. The summed E-state index contributed by atoms with van der Waals surface area (Å²) in [6.45, 7) is 2.17. The van der Waals surface area contributed by atoms with Gasteiger partial charge in [-0.25, -0.2) is 8.78 Å². The summed E-state index contributed by atoms with van der Waals surface area (Å²) in [5.41, 5.74) is 6.32. The summed E-state index contributed by atoms with van der Waals surface area (Å²) in [5.74, 6) is -2.00. The molecule has 0 aliphatic heterocycles. The summed E-state index contributed by atoms with van der Waals surface area (Å²) < 4.78 is 26.1. The third kappa shape index (κ3) is 4.17. The van der Waals surface area contributed by atoms with Crippen LogP contribution < -0.4 is 5.73 Å². The Kier molecular flexibility index (Phi) is 6.32. The van der Waals surface area contributed by atoms with E-state index in [1.165, 1.54) is 6.07 Å². The number of amides is 1. The molecule has 2 N–H and O–H groups in total. The normalized spacial score (nSPS) is 24.5. The lowest BCUT2D eigenvalue weighted by molar-refractivity contribution is -0.138. The van der Waals surface area contributed by atoms with Crippen LogP contribution in [0.25, 0.3) is 0 Å². The van der Waals surface area contributed by atoms with E-state index in [1.54, 1.807) is 11.9 Å². The van der Waals surface area contributed by atoms with Crippen molar-refractivity contribution in [2.75, 3.05) is 7.05 Å². The van der Waals surface area contributed by atoms with Crippen LogP contribution >= 0.6 is 12.4 Å². The molecule has 1 aliphatic carbocycles. The Morgan fingerprint density at radius 3 is 2.64 bits per heavy atom. The molecule has 22 heavy (non-hydrogen) atoms. The molecule has 6 heteroatoms. The van der Waals surface area contributed by atoms with Gasteiger partial charge < -0.3 is 10.6 Å². The molecule has 0 radical (unpaired) electrons. The Balaban J connectivity index is 0.00000242. The van der Waals surface area contributed by atoms with Crippen LogP contribution in [0.5, 0.6) is 0 Å². The van der Waals surface area contributed by atoms with E-state index in [0.29, 0.717) is 5.56 Å². The molecule has 2 unspecified atom stereocenters. The molecule has 0 saturated heterocycles. The number of benzene rings is 1. The average molecular weight is 333 g/mol. The first kappa shape index (κ1) is 18.8. The van der Waals surface area contributed by atoms with E-state index in [0.717, 1.165) is 37.8 Å². The highest BCUT2D eigenvalue weighted by Gasteiger charge is 2.39. The summed E-state index contributed by atoms with van der Waals surface area (Å²) in [5, 5.41) is 0. The fourth-order valence-electron chi connectivity index (χ4n) is 3.02. The fourth-order valence-corrected chi connectivity index (χ4v) is 3.02. The second-order valence-corrected chi connectivity index (χ2v) is 6.25. The molecule has 0 spiro atoms. The van der Waals surface area contributed by atoms with Gasteiger partial charge in [0.2, 0.25) is 5.91 Å². The van der Waals surface area contributed by atoms with Gasteiger partial charge in [-0.3, -0.25) is 4.79 Å². The first-order valence-electron chi connectivity index (χ1n) is 7.29. The molecule has 0 aromatic heterocycles. The van der Waals surface area contributed by atoms with E-state index in [-0.39, 0.29) is 30.8 Å². The molecule has 2 atom stereocenters. The van der Waals surface area contributed by atoms with Crippen molar-refractivity contribution in [3.8, 4) is 0 Å². The van der Waals surface area contributed by atoms with Crippen molar-refractivity contribution in [1.82, 2.24) is 4.90 Å². The summed E-state index contributed by atoms with van der Waals surface area (Å²) >= 11 is 0. The van der Waals surface area contributed by atoms with Gasteiger partial charge in [0, 0.05) is 19.1 Å². The van der Waals surface area contributed by atoms with Crippen molar-refractivity contribution in [3.05, 3.63) is 35.4 Å². The van der Waals surface area contributed by atoms with Gasteiger partial charge in [-0.15, -0.1) is 12.4 Å². The van der Waals surface area contributed by atoms with Crippen LogP contribution in [0.3, 0.4) is 0 Å². The molecular weight excluding hydrogens is 310 g/mol. The maximum Gasteiger partial charge on any atom is 0.227 e. The standard InChI is InChI=1S/C16H22F2N2O.ClH/c1-16(19)8-4-3-5-12(16)15(21)20(2)10-11-6-7-13(17)14(18)9-11;/h6-7,9,12H,3-5,8,10,19H2,1-2H3;1H. The number of carbonyl (C=O) groups is 1. The zero-order chi connectivity index (χ0) is 15.6. The number of hydrogen-bond acceptors (Lipinski definition) is 2. The largest absolute Gasteiger partial charge is 0.341 e. The molecule has 1 amide bonds. The van der Waals surface area contributed by atoms with Crippen LogP contribution in [-0.2, 0) is 11.3 Å². The van der Waals surface area contributed by atoms with Crippen LogP contribution in [0.2, 0.25) is 0 Å². The van der Waals surface area contributed by atoms with Crippen molar-refractivity contribution < 1.29 is 13.6 Å². The Bertz CT molecular complexity index is 537. The molecule has 124 valence electrons. The zero-order valence-electron chi connectivity index (χ0n) is 12.9. The minimum atomic E-state index is -0.894. The van der Waals surface area contributed by atoms with Crippen molar-refractivity contribution in [3.63, 3.8) is 0 Å². The number of halogens is 3. The first-order valence-corrected chi connectivity index (χ1v) is 7.29. The zero-order valence-corrected chi connectivity index (χ0v) is 13.8. The maximum absolute atomic E-state index is 13.2. The number of nitrogens with two attached hydrogens (primary N) is 1. The van der Waals surface area contributed by atoms with E-state index >= 15 is 0 Å². The van der Waals surface area contributed by atoms with Crippen LogP contribution in [0.1, 0.15) is 38.2 Å². The SMILES string of the molecule is CN(Cc1ccc(F)c(F)c1)C(=O)C1CCCCC1(C)N.Cl. The van der Waals surface area contributed by atoms with E-state index in [9.17, 15) is 13.6 Å². The quantitative estimate of drug-likeness (QED) is 0.923. The molecule has 1 aromatic carbocycles. The predicted octanol–water partition coefficient (Wildman–Crippen LogP) is 3.25. The number of hydrogen-bond donors (Lipinski definition) is 1. The molecular formula is C16H23ClF2N2O. The molecule has 1 fully saturated rings. The van der Waals surface area contributed by atoms with Crippen LogP contribution in [0, 0.1) is 17.6 Å². The molecule has 2 rings (SSSR count). The highest BCUT2D eigenvalue weighted by atomic mass is 35.5. The van der Waals surface area contributed by atoms with Crippen molar-refractivity contribution in [2.45, 2.75) is 44.7 Å². The lowest BCUT2D eigenvalue weighted by atomic mass is 9.74. The lowest BCUT2D eigenvalue weighted by Gasteiger charge is -2.39. The van der Waals surface area contributed by atoms with Gasteiger partial charge in [0.25, 0.3) is 0 Å². The van der Waals surface area contributed by atoms with Crippen LogP contribution in [-0.4, -0.2) is 23.4 Å². The second kappa shape index (κ2) is 7.38. The number of rotatable bonds is 3. The molecule has 0 heterocycles. The van der Waals surface area contributed by atoms with Gasteiger partial charge in [-0.05, 0) is 37.5 Å². The molecule has 1 aliphatic rings. The third-order valence-electron chi connectivity index (χ3n) is 4.33. The predicted molar refractivity (Wildman–Crippen MR) is 84.6 cm³/mol. The van der Waals surface area contributed by atoms with Gasteiger partial charge in [0.05, 0.1) is 5.92 Å². The van der Waals surface area contributed by atoms with Gasteiger partial charge in [-0.1, -0.05) is 18.9 Å². The smallest absolute Gasteiger partial charge is 0.227 e. The Labute approximate surface area is 136 Å². The Morgan fingerprint density at radius 1 is 1.36 bits per heavy atom. The van der Waals surface area contributed by atoms with E-state index < -0.39 is 17.2 Å². The second-order valence-electron chi connectivity index (χ2n) is 6.25. The van der Waals surface area contributed by atoms with Crippen molar-refractivity contribution >= 4 is 18.3 Å². The van der Waals surface area contributed by atoms with Crippen LogP contribution in [0.15, 0.2) is 18.2 Å². The summed E-state index contributed by atoms with van der Waals surface area (Å²) in [7, 11) is 1.67. The van der Waals surface area contributed by atoms with E-state index in [2.05, 4.69) is 0 Å².